The van der Waals surface area contributed by atoms with E-state index in [0.29, 0.717) is 0 Å². The van der Waals surface area contributed by atoms with Gasteiger partial charge < -0.3 is 9.84 Å². The summed E-state index contributed by atoms with van der Waals surface area (Å²) in [5.74, 6) is 0.884. The molecule has 0 aliphatic heterocycles. The minimum absolute atomic E-state index is 0.233. The summed E-state index contributed by atoms with van der Waals surface area (Å²) >= 11 is 0. The average molecular weight is 285 g/mol. The third kappa shape index (κ3) is 5.56. The summed E-state index contributed by atoms with van der Waals surface area (Å²) < 4.78 is 5.14. The van der Waals surface area contributed by atoms with Gasteiger partial charge in [-0.25, -0.2) is 0 Å². The molecule has 21 heavy (non-hydrogen) atoms. The second-order valence-corrected chi connectivity index (χ2v) is 5.29. The fraction of sp³-hybridized carbons (Fsp3) is 0.389. The van der Waals surface area contributed by atoms with E-state index in [2.05, 4.69) is 23.2 Å². The Morgan fingerprint density at radius 1 is 1.05 bits per heavy atom. The molecule has 2 aromatic rings. The van der Waals surface area contributed by atoms with E-state index < -0.39 is 0 Å². The van der Waals surface area contributed by atoms with Crippen LogP contribution in [0.2, 0.25) is 0 Å². The maximum atomic E-state index is 10.0. The SMILES string of the molecule is COc1ccc(CCCC(O)CCc2cccnc2)cc1. The zero-order chi connectivity index (χ0) is 14.9. The normalized spacial score (nSPS) is 12.1. The highest BCUT2D eigenvalue weighted by Crippen LogP contribution is 2.14. The van der Waals surface area contributed by atoms with Crippen molar-refractivity contribution in [1.29, 1.82) is 0 Å². The van der Waals surface area contributed by atoms with Gasteiger partial charge in [-0.2, -0.15) is 0 Å². The number of aliphatic hydroxyl groups excluding tert-OH is 1. The van der Waals surface area contributed by atoms with Gasteiger partial charge in [0.05, 0.1) is 13.2 Å². The third-order valence-electron chi connectivity index (χ3n) is 3.65. The molecular formula is C18H23NO2. The zero-order valence-corrected chi connectivity index (χ0v) is 12.5. The number of hydrogen-bond donors (Lipinski definition) is 1. The highest BCUT2D eigenvalue weighted by atomic mass is 16.5. The van der Waals surface area contributed by atoms with Crippen molar-refractivity contribution in [3.05, 3.63) is 59.9 Å². The van der Waals surface area contributed by atoms with Gasteiger partial charge in [-0.3, -0.25) is 4.98 Å². The first-order valence-corrected chi connectivity index (χ1v) is 7.48. The first-order valence-electron chi connectivity index (χ1n) is 7.48. The summed E-state index contributed by atoms with van der Waals surface area (Å²) in [6, 6.07) is 12.1. The Labute approximate surface area is 126 Å². The number of methoxy groups -OCH3 is 1. The van der Waals surface area contributed by atoms with Crippen molar-refractivity contribution in [1.82, 2.24) is 4.98 Å². The van der Waals surface area contributed by atoms with Crippen LogP contribution in [0.3, 0.4) is 0 Å². The Kier molecular flexibility index (Phi) is 6.22. The van der Waals surface area contributed by atoms with Crippen molar-refractivity contribution in [2.75, 3.05) is 7.11 Å². The quantitative estimate of drug-likeness (QED) is 0.808. The number of benzene rings is 1. The van der Waals surface area contributed by atoms with E-state index in [1.54, 1.807) is 13.3 Å². The highest BCUT2D eigenvalue weighted by molar-refractivity contribution is 5.27. The lowest BCUT2D eigenvalue weighted by atomic mass is 10.0. The highest BCUT2D eigenvalue weighted by Gasteiger charge is 2.05. The van der Waals surface area contributed by atoms with Crippen LogP contribution < -0.4 is 4.74 Å². The number of aromatic nitrogens is 1. The molecule has 0 amide bonds. The molecule has 112 valence electrons. The van der Waals surface area contributed by atoms with Gasteiger partial charge in [-0.05, 0) is 61.4 Å². The van der Waals surface area contributed by atoms with Crippen molar-refractivity contribution in [2.45, 2.75) is 38.2 Å². The summed E-state index contributed by atoms with van der Waals surface area (Å²) in [6.07, 6.45) is 7.93. The molecule has 1 N–H and O–H groups in total. The summed E-state index contributed by atoms with van der Waals surface area (Å²) in [7, 11) is 1.67. The number of hydrogen-bond acceptors (Lipinski definition) is 3. The minimum Gasteiger partial charge on any atom is -0.497 e. The Bertz CT molecular complexity index is 511. The summed E-state index contributed by atoms with van der Waals surface area (Å²) in [5.41, 5.74) is 2.47. The van der Waals surface area contributed by atoms with Gasteiger partial charge in [0.1, 0.15) is 5.75 Å². The molecule has 0 saturated carbocycles. The van der Waals surface area contributed by atoms with Gasteiger partial charge in [0, 0.05) is 12.4 Å². The lowest BCUT2D eigenvalue weighted by Crippen LogP contribution is -2.08. The molecule has 0 spiro atoms. The fourth-order valence-electron chi connectivity index (χ4n) is 2.36. The van der Waals surface area contributed by atoms with Crippen LogP contribution in [0.15, 0.2) is 48.8 Å². The molecule has 1 aromatic carbocycles. The molecule has 3 nitrogen and oxygen atoms in total. The van der Waals surface area contributed by atoms with E-state index in [9.17, 15) is 5.11 Å². The Morgan fingerprint density at radius 3 is 2.52 bits per heavy atom. The van der Waals surface area contributed by atoms with Crippen molar-refractivity contribution in [2.24, 2.45) is 0 Å². The summed E-state index contributed by atoms with van der Waals surface area (Å²) in [4.78, 5) is 4.09. The predicted octanol–water partition coefficient (Wildman–Crippen LogP) is 3.41. The molecule has 0 saturated heterocycles. The van der Waals surface area contributed by atoms with Crippen molar-refractivity contribution in [3.63, 3.8) is 0 Å². The molecule has 0 aliphatic carbocycles. The first kappa shape index (κ1) is 15.5. The first-order chi connectivity index (χ1) is 10.3. The van der Waals surface area contributed by atoms with Gasteiger partial charge in [-0.15, -0.1) is 0 Å². The van der Waals surface area contributed by atoms with Crippen LogP contribution in [0.1, 0.15) is 30.4 Å². The Morgan fingerprint density at radius 2 is 1.86 bits per heavy atom. The van der Waals surface area contributed by atoms with E-state index >= 15 is 0 Å². The van der Waals surface area contributed by atoms with Gasteiger partial charge in [0.2, 0.25) is 0 Å². The smallest absolute Gasteiger partial charge is 0.118 e. The fourth-order valence-corrected chi connectivity index (χ4v) is 2.36. The lowest BCUT2D eigenvalue weighted by Gasteiger charge is -2.10. The van der Waals surface area contributed by atoms with Crippen molar-refractivity contribution >= 4 is 0 Å². The predicted molar refractivity (Wildman–Crippen MR) is 84.5 cm³/mol. The van der Waals surface area contributed by atoms with Crippen LogP contribution in [0.5, 0.6) is 5.75 Å². The molecule has 0 aliphatic rings. The van der Waals surface area contributed by atoms with Crippen LogP contribution in [0.25, 0.3) is 0 Å². The number of nitrogens with zero attached hydrogens (tertiary/aromatic N) is 1. The van der Waals surface area contributed by atoms with E-state index in [-0.39, 0.29) is 6.10 Å². The molecule has 0 radical (unpaired) electrons. The zero-order valence-electron chi connectivity index (χ0n) is 12.5. The second-order valence-electron chi connectivity index (χ2n) is 5.29. The maximum Gasteiger partial charge on any atom is 0.118 e. The van der Waals surface area contributed by atoms with Gasteiger partial charge >= 0.3 is 0 Å². The molecular weight excluding hydrogens is 262 g/mol. The Hall–Kier alpha value is -1.87. The van der Waals surface area contributed by atoms with Crippen LogP contribution >= 0.6 is 0 Å². The van der Waals surface area contributed by atoms with Crippen LogP contribution in [0, 0.1) is 0 Å². The third-order valence-corrected chi connectivity index (χ3v) is 3.65. The number of aliphatic hydroxyl groups is 1. The van der Waals surface area contributed by atoms with Crippen molar-refractivity contribution < 1.29 is 9.84 Å². The van der Waals surface area contributed by atoms with Crippen LogP contribution in [-0.4, -0.2) is 23.3 Å². The van der Waals surface area contributed by atoms with Crippen LogP contribution in [-0.2, 0) is 12.8 Å². The van der Waals surface area contributed by atoms with E-state index in [1.807, 2.05) is 24.4 Å². The maximum absolute atomic E-state index is 10.0. The summed E-state index contributed by atoms with van der Waals surface area (Å²) in [6.45, 7) is 0. The largest absolute Gasteiger partial charge is 0.497 e. The molecule has 1 unspecified atom stereocenters. The Balaban J connectivity index is 1.65. The minimum atomic E-state index is -0.233. The summed E-state index contributed by atoms with van der Waals surface area (Å²) in [5, 5.41) is 10.0. The number of rotatable bonds is 8. The second kappa shape index (κ2) is 8.42. The number of pyridine rings is 1. The van der Waals surface area contributed by atoms with Crippen LogP contribution in [0.4, 0.5) is 0 Å². The molecule has 3 heteroatoms. The van der Waals surface area contributed by atoms with Gasteiger partial charge in [0.25, 0.3) is 0 Å². The molecule has 1 aromatic heterocycles. The molecule has 1 heterocycles. The topological polar surface area (TPSA) is 42.4 Å². The molecule has 2 rings (SSSR count). The van der Waals surface area contributed by atoms with E-state index in [4.69, 9.17) is 4.74 Å². The monoisotopic (exact) mass is 285 g/mol. The van der Waals surface area contributed by atoms with Gasteiger partial charge in [-0.1, -0.05) is 18.2 Å². The lowest BCUT2D eigenvalue weighted by molar-refractivity contribution is 0.152. The number of aryl methyl sites for hydroxylation is 2. The molecule has 0 bridgehead atoms. The van der Waals surface area contributed by atoms with E-state index in [1.165, 1.54) is 11.1 Å². The number of ether oxygens (including phenoxy) is 1. The standard InChI is InChI=1S/C18H23NO2/c1-21-18-11-8-15(9-12-18)4-2-6-17(20)10-7-16-5-3-13-19-14-16/h3,5,8-9,11-14,17,20H,2,4,6-7,10H2,1H3. The average Bonchev–Trinajstić information content (AvgIpc) is 2.54. The van der Waals surface area contributed by atoms with Gasteiger partial charge in [0.15, 0.2) is 0 Å². The van der Waals surface area contributed by atoms with E-state index in [0.717, 1.165) is 37.9 Å². The van der Waals surface area contributed by atoms with Crippen molar-refractivity contribution in [3.8, 4) is 5.75 Å². The molecule has 1 atom stereocenters. The molecule has 0 fully saturated rings.